The third kappa shape index (κ3) is 2.94. The Hall–Kier alpha value is -1.86. The van der Waals surface area contributed by atoms with Crippen molar-refractivity contribution in [2.45, 2.75) is 4.21 Å². The van der Waals surface area contributed by atoms with Crippen LogP contribution < -0.4 is 9.46 Å². The Bertz CT molecular complexity index is 678. The number of carbonyl (C=O) groups is 1. The van der Waals surface area contributed by atoms with E-state index in [1.807, 2.05) is 0 Å². The summed E-state index contributed by atoms with van der Waals surface area (Å²) in [5.41, 5.74) is 0.602. The number of ether oxygens (including phenoxy) is 1. The highest BCUT2D eigenvalue weighted by Gasteiger charge is 2.17. The molecule has 0 fully saturated rings. The van der Waals surface area contributed by atoms with E-state index in [-0.39, 0.29) is 9.90 Å². The van der Waals surface area contributed by atoms with Gasteiger partial charge in [0.05, 0.1) is 12.8 Å². The molecule has 0 radical (unpaired) electrons. The SMILES string of the molecule is COc1ccc(C=O)cc1NS(=O)(=O)c1cccs1. The van der Waals surface area contributed by atoms with Gasteiger partial charge in [-0.05, 0) is 29.6 Å². The Morgan fingerprint density at radius 2 is 2.11 bits per heavy atom. The average molecular weight is 297 g/mol. The van der Waals surface area contributed by atoms with Gasteiger partial charge in [-0.25, -0.2) is 8.42 Å². The van der Waals surface area contributed by atoms with Gasteiger partial charge in [0, 0.05) is 5.56 Å². The summed E-state index contributed by atoms with van der Waals surface area (Å²) in [6, 6.07) is 7.67. The van der Waals surface area contributed by atoms with Crippen molar-refractivity contribution in [3.63, 3.8) is 0 Å². The first kappa shape index (κ1) is 13.6. The van der Waals surface area contributed by atoms with Crippen molar-refractivity contribution in [2.24, 2.45) is 0 Å². The molecule has 0 bridgehead atoms. The van der Waals surface area contributed by atoms with Crippen LogP contribution in [0.4, 0.5) is 5.69 Å². The monoisotopic (exact) mass is 297 g/mol. The minimum absolute atomic E-state index is 0.200. The van der Waals surface area contributed by atoms with E-state index in [1.54, 1.807) is 17.5 Å². The second-order valence-electron chi connectivity index (χ2n) is 3.62. The molecule has 1 aromatic carbocycles. The summed E-state index contributed by atoms with van der Waals surface area (Å²) in [5.74, 6) is 0.353. The maximum Gasteiger partial charge on any atom is 0.271 e. The Morgan fingerprint density at radius 3 is 2.68 bits per heavy atom. The minimum Gasteiger partial charge on any atom is -0.495 e. The van der Waals surface area contributed by atoms with Crippen LogP contribution in [0.1, 0.15) is 10.4 Å². The zero-order valence-electron chi connectivity index (χ0n) is 9.99. The first-order valence-electron chi connectivity index (χ1n) is 5.26. The number of benzene rings is 1. The molecule has 19 heavy (non-hydrogen) atoms. The first-order valence-corrected chi connectivity index (χ1v) is 7.62. The standard InChI is InChI=1S/C12H11NO4S2/c1-17-11-5-4-9(8-14)7-10(11)13-19(15,16)12-3-2-6-18-12/h2-8,13H,1H3. The maximum atomic E-state index is 12.1. The predicted octanol–water partition coefficient (Wildman–Crippen LogP) is 2.37. The number of hydrogen-bond donors (Lipinski definition) is 1. The summed E-state index contributed by atoms with van der Waals surface area (Å²) >= 11 is 1.11. The Kier molecular flexibility index (Phi) is 3.87. The van der Waals surface area contributed by atoms with Crippen molar-refractivity contribution < 1.29 is 17.9 Å². The van der Waals surface area contributed by atoms with Crippen molar-refractivity contribution in [1.82, 2.24) is 0 Å². The highest BCUT2D eigenvalue weighted by Crippen LogP contribution is 2.28. The molecule has 0 aliphatic carbocycles. The fraction of sp³-hybridized carbons (Fsp3) is 0.0833. The van der Waals surface area contributed by atoms with Crippen LogP contribution in [-0.2, 0) is 10.0 Å². The quantitative estimate of drug-likeness (QED) is 0.860. The van der Waals surface area contributed by atoms with Crippen molar-refractivity contribution in [3.05, 3.63) is 41.3 Å². The number of methoxy groups -OCH3 is 1. The van der Waals surface area contributed by atoms with Crippen LogP contribution in [0.2, 0.25) is 0 Å². The summed E-state index contributed by atoms with van der Waals surface area (Å²) in [7, 11) is -2.23. The molecule has 0 unspecified atom stereocenters. The number of thiophene rings is 1. The summed E-state index contributed by atoms with van der Waals surface area (Å²) in [4.78, 5) is 10.7. The van der Waals surface area contributed by atoms with Crippen molar-refractivity contribution in [1.29, 1.82) is 0 Å². The number of carbonyl (C=O) groups excluding carboxylic acids is 1. The highest BCUT2D eigenvalue weighted by atomic mass is 32.2. The van der Waals surface area contributed by atoms with Gasteiger partial charge in [-0.3, -0.25) is 9.52 Å². The lowest BCUT2D eigenvalue weighted by Gasteiger charge is -2.11. The smallest absolute Gasteiger partial charge is 0.271 e. The third-order valence-corrected chi connectivity index (χ3v) is 5.13. The normalized spacial score (nSPS) is 11.0. The molecule has 0 aliphatic rings. The molecular weight excluding hydrogens is 286 g/mol. The van der Waals surface area contributed by atoms with Gasteiger partial charge in [0.2, 0.25) is 0 Å². The number of aldehydes is 1. The van der Waals surface area contributed by atoms with Crippen LogP contribution in [0.3, 0.4) is 0 Å². The average Bonchev–Trinajstić information content (AvgIpc) is 2.93. The van der Waals surface area contributed by atoms with Crippen molar-refractivity contribution in [2.75, 3.05) is 11.8 Å². The number of hydrogen-bond acceptors (Lipinski definition) is 5. The lowest BCUT2D eigenvalue weighted by atomic mass is 10.2. The van der Waals surface area contributed by atoms with Crippen molar-refractivity contribution in [3.8, 4) is 5.75 Å². The molecule has 5 nitrogen and oxygen atoms in total. The Labute approximate surface area is 114 Å². The second kappa shape index (κ2) is 5.41. The lowest BCUT2D eigenvalue weighted by Crippen LogP contribution is -2.12. The second-order valence-corrected chi connectivity index (χ2v) is 6.47. The molecule has 1 heterocycles. The van der Waals surface area contributed by atoms with Gasteiger partial charge in [-0.2, -0.15) is 0 Å². The van der Waals surface area contributed by atoms with E-state index in [4.69, 9.17) is 4.74 Å². The number of anilines is 1. The number of nitrogens with one attached hydrogen (secondary N) is 1. The zero-order valence-corrected chi connectivity index (χ0v) is 11.6. The Morgan fingerprint density at radius 1 is 1.32 bits per heavy atom. The van der Waals surface area contributed by atoms with Gasteiger partial charge in [-0.15, -0.1) is 11.3 Å². The topological polar surface area (TPSA) is 72.5 Å². The van der Waals surface area contributed by atoms with Gasteiger partial charge >= 0.3 is 0 Å². The molecule has 2 rings (SSSR count). The highest BCUT2D eigenvalue weighted by molar-refractivity contribution is 7.94. The van der Waals surface area contributed by atoms with Crippen LogP contribution in [-0.4, -0.2) is 21.8 Å². The largest absolute Gasteiger partial charge is 0.495 e. The molecule has 0 amide bonds. The van der Waals surface area contributed by atoms with E-state index in [0.29, 0.717) is 17.6 Å². The van der Waals surface area contributed by atoms with Crippen LogP contribution in [0.15, 0.2) is 39.9 Å². The number of rotatable bonds is 5. The van der Waals surface area contributed by atoms with Gasteiger partial charge in [0.15, 0.2) is 0 Å². The molecule has 0 atom stereocenters. The van der Waals surface area contributed by atoms with E-state index in [1.165, 1.54) is 25.3 Å². The van der Waals surface area contributed by atoms with E-state index in [9.17, 15) is 13.2 Å². The third-order valence-electron chi connectivity index (χ3n) is 2.36. The molecule has 0 saturated carbocycles. The molecule has 100 valence electrons. The van der Waals surface area contributed by atoms with E-state index < -0.39 is 10.0 Å². The van der Waals surface area contributed by atoms with E-state index in [2.05, 4.69) is 4.72 Å². The van der Waals surface area contributed by atoms with E-state index >= 15 is 0 Å². The summed E-state index contributed by atoms with van der Waals surface area (Å²) in [5, 5.41) is 1.67. The van der Waals surface area contributed by atoms with Gasteiger partial charge in [0.25, 0.3) is 10.0 Å². The minimum atomic E-state index is -3.65. The number of sulfonamides is 1. The van der Waals surface area contributed by atoms with Crippen LogP contribution in [0, 0.1) is 0 Å². The molecule has 0 aliphatic heterocycles. The first-order chi connectivity index (χ1) is 9.06. The van der Waals surface area contributed by atoms with Crippen LogP contribution >= 0.6 is 11.3 Å². The molecule has 0 saturated heterocycles. The molecule has 7 heteroatoms. The van der Waals surface area contributed by atoms with Crippen LogP contribution in [0.5, 0.6) is 5.75 Å². The predicted molar refractivity (Wildman–Crippen MR) is 73.5 cm³/mol. The summed E-state index contributed by atoms with van der Waals surface area (Å²) < 4.78 is 31.9. The van der Waals surface area contributed by atoms with Crippen LogP contribution in [0.25, 0.3) is 0 Å². The molecule has 2 aromatic rings. The summed E-state index contributed by atoms with van der Waals surface area (Å²) in [6.45, 7) is 0. The molecule has 0 spiro atoms. The van der Waals surface area contributed by atoms with E-state index in [0.717, 1.165) is 11.3 Å². The van der Waals surface area contributed by atoms with Gasteiger partial charge in [-0.1, -0.05) is 6.07 Å². The van der Waals surface area contributed by atoms with Gasteiger partial charge < -0.3 is 4.74 Å². The lowest BCUT2D eigenvalue weighted by molar-refractivity contribution is 0.112. The van der Waals surface area contributed by atoms with Gasteiger partial charge in [0.1, 0.15) is 16.2 Å². The molecule has 1 N–H and O–H groups in total. The maximum absolute atomic E-state index is 12.1. The zero-order chi connectivity index (χ0) is 13.9. The fourth-order valence-electron chi connectivity index (χ4n) is 1.49. The fourth-order valence-corrected chi connectivity index (χ4v) is 3.54. The molecule has 1 aromatic heterocycles. The Balaban J connectivity index is 2.40. The molecular formula is C12H11NO4S2. The van der Waals surface area contributed by atoms with Crippen molar-refractivity contribution >= 4 is 33.3 Å². The summed E-state index contributed by atoms with van der Waals surface area (Å²) in [6.07, 6.45) is 0.641.